The molecule has 3 rings (SSSR count). The van der Waals surface area contributed by atoms with E-state index in [9.17, 15) is 4.79 Å². The summed E-state index contributed by atoms with van der Waals surface area (Å²) in [5, 5.41) is 3.97. The van der Waals surface area contributed by atoms with Crippen molar-refractivity contribution in [1.82, 2.24) is 14.5 Å². The molecule has 2 aromatic heterocycles. The number of anilines is 1. The average molecular weight is 294 g/mol. The van der Waals surface area contributed by atoms with Crippen molar-refractivity contribution in [3.05, 3.63) is 54.2 Å². The second kappa shape index (κ2) is 5.97. The van der Waals surface area contributed by atoms with Crippen molar-refractivity contribution in [1.29, 1.82) is 0 Å². The highest BCUT2D eigenvalue weighted by Crippen LogP contribution is 2.21. The van der Waals surface area contributed by atoms with E-state index in [0.29, 0.717) is 5.69 Å². The fourth-order valence-electron chi connectivity index (χ4n) is 2.42. The van der Waals surface area contributed by atoms with Gasteiger partial charge < -0.3 is 9.88 Å². The predicted octanol–water partition coefficient (Wildman–Crippen LogP) is 3.40. The number of hydrogen-bond acceptors (Lipinski definition) is 3. The first-order valence-electron chi connectivity index (χ1n) is 7.36. The fourth-order valence-corrected chi connectivity index (χ4v) is 2.42. The molecule has 3 aromatic rings. The molecule has 0 spiro atoms. The maximum Gasteiger partial charge on any atom is 0.275 e. The number of nitrogens with zero attached hydrogens (tertiary/aromatic N) is 3. The summed E-state index contributed by atoms with van der Waals surface area (Å²) in [7, 11) is 0. The summed E-state index contributed by atoms with van der Waals surface area (Å²) in [5.41, 5.74) is 3.04. The van der Waals surface area contributed by atoms with E-state index in [1.54, 1.807) is 6.20 Å². The topological polar surface area (TPSA) is 59.8 Å². The molecule has 0 bridgehead atoms. The van der Waals surface area contributed by atoms with Gasteiger partial charge in [0.15, 0.2) is 0 Å². The van der Waals surface area contributed by atoms with Crippen LogP contribution in [0.3, 0.4) is 0 Å². The van der Waals surface area contributed by atoms with Gasteiger partial charge in [0.25, 0.3) is 5.91 Å². The smallest absolute Gasteiger partial charge is 0.275 e. The molecule has 0 atom stereocenters. The Labute approximate surface area is 129 Å². The standard InChI is InChI=1S/C17H18N4O/c1-3-7-21-8-6-13-9-14(4-5-16(13)21)20-17(22)15-11-18-12(2)10-19-15/h4-6,8-11H,3,7H2,1-2H3,(H,20,22). The maximum absolute atomic E-state index is 12.2. The van der Waals surface area contributed by atoms with Gasteiger partial charge in [-0.3, -0.25) is 9.78 Å². The number of carbonyl (C=O) groups is 1. The van der Waals surface area contributed by atoms with Gasteiger partial charge in [0, 0.05) is 35.5 Å². The van der Waals surface area contributed by atoms with Crippen LogP contribution < -0.4 is 5.32 Å². The number of rotatable bonds is 4. The molecule has 5 heteroatoms. The van der Waals surface area contributed by atoms with E-state index in [-0.39, 0.29) is 5.91 Å². The zero-order chi connectivity index (χ0) is 15.5. The number of aromatic nitrogens is 3. The van der Waals surface area contributed by atoms with Gasteiger partial charge >= 0.3 is 0 Å². The van der Waals surface area contributed by atoms with Crippen LogP contribution >= 0.6 is 0 Å². The van der Waals surface area contributed by atoms with Crippen LogP contribution in [-0.2, 0) is 6.54 Å². The zero-order valence-corrected chi connectivity index (χ0v) is 12.7. The third-order valence-corrected chi connectivity index (χ3v) is 3.51. The molecular weight excluding hydrogens is 276 g/mol. The number of amides is 1. The highest BCUT2D eigenvalue weighted by Gasteiger charge is 2.09. The lowest BCUT2D eigenvalue weighted by Crippen LogP contribution is -2.14. The van der Waals surface area contributed by atoms with Crippen LogP contribution in [0.5, 0.6) is 0 Å². The predicted molar refractivity (Wildman–Crippen MR) is 87.0 cm³/mol. The summed E-state index contributed by atoms with van der Waals surface area (Å²) in [6.07, 6.45) is 6.24. The van der Waals surface area contributed by atoms with Crippen molar-refractivity contribution in [3.63, 3.8) is 0 Å². The molecule has 1 aromatic carbocycles. The van der Waals surface area contributed by atoms with Crippen LogP contribution in [0, 0.1) is 6.92 Å². The van der Waals surface area contributed by atoms with Crippen LogP contribution in [0.25, 0.3) is 10.9 Å². The minimum Gasteiger partial charge on any atom is -0.347 e. The lowest BCUT2D eigenvalue weighted by atomic mass is 10.2. The van der Waals surface area contributed by atoms with E-state index in [1.807, 2.05) is 25.1 Å². The van der Waals surface area contributed by atoms with Gasteiger partial charge in [-0.05, 0) is 37.6 Å². The molecule has 1 N–H and O–H groups in total. The Morgan fingerprint density at radius 1 is 1.23 bits per heavy atom. The van der Waals surface area contributed by atoms with Gasteiger partial charge in [-0.2, -0.15) is 0 Å². The third-order valence-electron chi connectivity index (χ3n) is 3.51. The molecule has 0 aliphatic carbocycles. The van der Waals surface area contributed by atoms with Crippen LogP contribution in [0.1, 0.15) is 29.5 Å². The molecular formula is C17H18N4O. The number of fused-ring (bicyclic) bond motifs is 1. The summed E-state index contributed by atoms with van der Waals surface area (Å²) < 4.78 is 2.21. The largest absolute Gasteiger partial charge is 0.347 e. The number of hydrogen-bond donors (Lipinski definition) is 1. The Morgan fingerprint density at radius 3 is 2.82 bits per heavy atom. The molecule has 22 heavy (non-hydrogen) atoms. The van der Waals surface area contributed by atoms with E-state index in [2.05, 4.69) is 39.0 Å². The number of carbonyl (C=O) groups excluding carboxylic acids is 1. The Hall–Kier alpha value is -2.69. The number of nitrogens with one attached hydrogen (secondary N) is 1. The van der Waals surface area contributed by atoms with E-state index in [1.165, 1.54) is 11.7 Å². The molecule has 1 amide bonds. The lowest BCUT2D eigenvalue weighted by Gasteiger charge is -2.06. The van der Waals surface area contributed by atoms with E-state index in [0.717, 1.165) is 29.7 Å². The summed E-state index contributed by atoms with van der Waals surface area (Å²) in [4.78, 5) is 20.3. The first kappa shape index (κ1) is 14.3. The van der Waals surface area contributed by atoms with Gasteiger partial charge in [0.1, 0.15) is 5.69 Å². The van der Waals surface area contributed by atoms with Gasteiger partial charge in [0.2, 0.25) is 0 Å². The summed E-state index contributed by atoms with van der Waals surface area (Å²) in [6.45, 7) is 4.99. The molecule has 0 aliphatic rings. The van der Waals surface area contributed by atoms with Gasteiger partial charge in [-0.1, -0.05) is 6.92 Å². The third kappa shape index (κ3) is 2.83. The Kier molecular flexibility index (Phi) is 3.87. The Balaban J connectivity index is 1.81. The molecule has 2 heterocycles. The number of benzene rings is 1. The number of aryl methyl sites for hydroxylation is 2. The second-order valence-electron chi connectivity index (χ2n) is 5.28. The van der Waals surface area contributed by atoms with Crippen LogP contribution in [-0.4, -0.2) is 20.4 Å². The van der Waals surface area contributed by atoms with Crippen LogP contribution in [0.2, 0.25) is 0 Å². The Morgan fingerprint density at radius 2 is 2.09 bits per heavy atom. The molecule has 0 saturated carbocycles. The van der Waals surface area contributed by atoms with Gasteiger partial charge in [0.05, 0.1) is 11.9 Å². The molecule has 0 radical (unpaired) electrons. The first-order valence-corrected chi connectivity index (χ1v) is 7.36. The quantitative estimate of drug-likeness (QED) is 0.802. The minimum atomic E-state index is -0.250. The van der Waals surface area contributed by atoms with Crippen molar-refractivity contribution in [3.8, 4) is 0 Å². The van der Waals surface area contributed by atoms with Crippen LogP contribution in [0.4, 0.5) is 5.69 Å². The first-order chi connectivity index (χ1) is 10.7. The molecule has 0 fully saturated rings. The van der Waals surface area contributed by atoms with Crippen molar-refractivity contribution in [2.45, 2.75) is 26.8 Å². The van der Waals surface area contributed by atoms with Crippen molar-refractivity contribution in [2.24, 2.45) is 0 Å². The highest BCUT2D eigenvalue weighted by atomic mass is 16.1. The van der Waals surface area contributed by atoms with Crippen molar-refractivity contribution < 1.29 is 4.79 Å². The van der Waals surface area contributed by atoms with Crippen LogP contribution in [0.15, 0.2) is 42.9 Å². The lowest BCUT2D eigenvalue weighted by molar-refractivity contribution is 0.102. The SMILES string of the molecule is CCCn1ccc2cc(NC(=O)c3cnc(C)cn3)ccc21. The van der Waals surface area contributed by atoms with E-state index >= 15 is 0 Å². The monoisotopic (exact) mass is 294 g/mol. The maximum atomic E-state index is 12.2. The normalized spacial score (nSPS) is 10.8. The molecule has 0 aliphatic heterocycles. The molecule has 5 nitrogen and oxygen atoms in total. The molecule has 0 unspecified atom stereocenters. The van der Waals surface area contributed by atoms with E-state index < -0.39 is 0 Å². The van der Waals surface area contributed by atoms with E-state index in [4.69, 9.17) is 0 Å². The second-order valence-corrected chi connectivity index (χ2v) is 5.28. The molecule has 0 saturated heterocycles. The summed E-state index contributed by atoms with van der Waals surface area (Å²) in [6, 6.07) is 7.97. The van der Waals surface area contributed by atoms with Gasteiger partial charge in [-0.15, -0.1) is 0 Å². The van der Waals surface area contributed by atoms with Crippen molar-refractivity contribution in [2.75, 3.05) is 5.32 Å². The summed E-state index contributed by atoms with van der Waals surface area (Å²) >= 11 is 0. The average Bonchev–Trinajstić information content (AvgIpc) is 2.91. The zero-order valence-electron chi connectivity index (χ0n) is 12.7. The van der Waals surface area contributed by atoms with Crippen molar-refractivity contribution >= 4 is 22.5 Å². The van der Waals surface area contributed by atoms with Gasteiger partial charge in [-0.25, -0.2) is 4.98 Å². The minimum absolute atomic E-state index is 0.250. The fraction of sp³-hybridized carbons (Fsp3) is 0.235. The highest BCUT2D eigenvalue weighted by molar-refractivity contribution is 6.03. The molecule has 112 valence electrons. The summed E-state index contributed by atoms with van der Waals surface area (Å²) in [5.74, 6) is -0.250. The Bertz CT molecular complexity index is 805.